The number of nitrogens with one attached hydrogen (secondary N) is 2. The summed E-state index contributed by atoms with van der Waals surface area (Å²) in [6.45, 7) is -0.252. The lowest BCUT2D eigenvalue weighted by molar-refractivity contribution is 0.277. The Hall–Kier alpha value is -0.740. The molecular weight excluding hydrogens is 144 g/mol. The van der Waals surface area contributed by atoms with Gasteiger partial charge in [-0.2, -0.15) is 0 Å². The van der Waals surface area contributed by atoms with E-state index in [1.807, 2.05) is 0 Å². The fraction of sp³-hybridized carbons (Fsp3) is 0.250. The Morgan fingerprint density at radius 3 is 2.44 bits per heavy atom. The number of aliphatic hydroxyl groups excluding tert-OH is 1. The van der Waals surface area contributed by atoms with Crippen molar-refractivity contribution in [1.82, 2.24) is 9.97 Å². The molecule has 0 aliphatic heterocycles. The second kappa shape index (κ2) is 2.24. The molecule has 0 spiro atoms. The molecule has 3 N–H and O–H groups in total. The molecule has 0 aliphatic rings. The first-order chi connectivity index (χ1) is 4.24. The Balaban J connectivity index is 3.16. The van der Waals surface area contributed by atoms with Crippen molar-refractivity contribution in [2.75, 3.05) is 0 Å². The molecule has 0 aliphatic carbocycles. The van der Waals surface area contributed by atoms with Crippen molar-refractivity contribution in [3.8, 4) is 0 Å². The van der Waals surface area contributed by atoms with Crippen LogP contribution in [0.4, 0.5) is 0 Å². The van der Waals surface area contributed by atoms with E-state index < -0.39 is 5.69 Å². The van der Waals surface area contributed by atoms with Crippen LogP contribution in [0.2, 0.25) is 5.15 Å². The van der Waals surface area contributed by atoms with Gasteiger partial charge in [-0.15, -0.1) is 0 Å². The minimum Gasteiger partial charge on any atom is -0.390 e. The van der Waals surface area contributed by atoms with Crippen molar-refractivity contribution < 1.29 is 5.11 Å². The Kier molecular flexibility index (Phi) is 1.59. The predicted octanol–water partition coefficient (Wildman–Crippen LogP) is -0.151. The van der Waals surface area contributed by atoms with E-state index in [4.69, 9.17) is 16.7 Å². The molecule has 0 bridgehead atoms. The molecule has 0 radical (unpaired) electrons. The Labute approximate surface area is 55.5 Å². The minimum atomic E-state index is -0.399. The molecule has 0 amide bonds. The molecule has 1 aromatic rings. The van der Waals surface area contributed by atoms with E-state index in [0.717, 1.165) is 0 Å². The number of rotatable bonds is 1. The van der Waals surface area contributed by atoms with Crippen molar-refractivity contribution in [1.29, 1.82) is 0 Å². The van der Waals surface area contributed by atoms with Gasteiger partial charge in [0.05, 0.1) is 12.3 Å². The highest BCUT2D eigenvalue weighted by Gasteiger charge is 2.00. The number of halogens is 1. The normalized spacial score (nSPS) is 10.0. The summed E-state index contributed by atoms with van der Waals surface area (Å²) >= 11 is 5.40. The second-order valence-corrected chi connectivity index (χ2v) is 1.91. The maximum absolute atomic E-state index is 10.4. The SMILES string of the molecule is O=c1[nH]c(Cl)c(CO)[nH]1. The first-order valence-electron chi connectivity index (χ1n) is 2.31. The third kappa shape index (κ3) is 1.14. The van der Waals surface area contributed by atoms with Gasteiger partial charge >= 0.3 is 5.69 Å². The number of hydrogen-bond acceptors (Lipinski definition) is 2. The Bertz CT molecular complexity index is 251. The predicted molar refractivity (Wildman–Crippen MR) is 32.3 cm³/mol. The molecule has 50 valence electrons. The van der Waals surface area contributed by atoms with Gasteiger partial charge < -0.3 is 10.1 Å². The largest absolute Gasteiger partial charge is 0.390 e. The van der Waals surface area contributed by atoms with E-state index in [0.29, 0.717) is 5.69 Å². The van der Waals surface area contributed by atoms with Crippen LogP contribution in [0.15, 0.2) is 4.79 Å². The highest BCUT2D eigenvalue weighted by Crippen LogP contribution is 2.05. The Morgan fingerprint density at radius 1 is 1.56 bits per heavy atom. The molecule has 0 fully saturated rings. The van der Waals surface area contributed by atoms with Crippen LogP contribution in [-0.2, 0) is 6.61 Å². The average molecular weight is 149 g/mol. The summed E-state index contributed by atoms with van der Waals surface area (Å²) in [7, 11) is 0. The van der Waals surface area contributed by atoms with Gasteiger partial charge in [0.1, 0.15) is 5.15 Å². The maximum atomic E-state index is 10.4. The van der Waals surface area contributed by atoms with Crippen LogP contribution in [0.5, 0.6) is 0 Å². The van der Waals surface area contributed by atoms with Crippen LogP contribution in [0.3, 0.4) is 0 Å². The number of aromatic nitrogens is 2. The van der Waals surface area contributed by atoms with E-state index in [1.54, 1.807) is 0 Å². The van der Waals surface area contributed by atoms with Gasteiger partial charge in [0.2, 0.25) is 0 Å². The fourth-order valence-electron chi connectivity index (χ4n) is 0.507. The van der Waals surface area contributed by atoms with Gasteiger partial charge in [-0.05, 0) is 0 Å². The lowest BCUT2D eigenvalue weighted by Gasteiger charge is -1.84. The van der Waals surface area contributed by atoms with E-state index in [1.165, 1.54) is 0 Å². The van der Waals surface area contributed by atoms with Crippen molar-refractivity contribution in [3.63, 3.8) is 0 Å². The first kappa shape index (κ1) is 6.38. The molecule has 1 heterocycles. The Morgan fingerprint density at radius 2 is 2.22 bits per heavy atom. The molecular formula is C4H5ClN2O2. The van der Waals surface area contributed by atoms with E-state index in [-0.39, 0.29) is 11.8 Å². The van der Waals surface area contributed by atoms with E-state index in [2.05, 4.69) is 9.97 Å². The zero-order valence-corrected chi connectivity index (χ0v) is 5.20. The first-order valence-corrected chi connectivity index (χ1v) is 2.69. The molecule has 0 saturated carbocycles. The highest BCUT2D eigenvalue weighted by molar-refractivity contribution is 6.30. The summed E-state index contributed by atoms with van der Waals surface area (Å²) in [4.78, 5) is 14.9. The van der Waals surface area contributed by atoms with Crippen LogP contribution in [0.25, 0.3) is 0 Å². The van der Waals surface area contributed by atoms with Crippen LogP contribution in [0, 0.1) is 0 Å². The van der Waals surface area contributed by atoms with Gasteiger partial charge in [0.25, 0.3) is 0 Å². The van der Waals surface area contributed by atoms with Crippen LogP contribution < -0.4 is 5.69 Å². The third-order valence-corrected chi connectivity index (χ3v) is 1.23. The summed E-state index contributed by atoms with van der Waals surface area (Å²) in [5, 5.41) is 8.63. The summed E-state index contributed by atoms with van der Waals surface area (Å²) in [5.74, 6) is 0. The number of hydrogen-bond donors (Lipinski definition) is 3. The molecule has 1 rings (SSSR count). The lowest BCUT2D eigenvalue weighted by atomic mass is 10.5. The fourth-order valence-corrected chi connectivity index (χ4v) is 0.700. The van der Waals surface area contributed by atoms with Crippen molar-refractivity contribution >= 4 is 11.6 Å². The molecule has 4 nitrogen and oxygen atoms in total. The topological polar surface area (TPSA) is 68.9 Å². The molecule has 5 heteroatoms. The number of imidazole rings is 1. The van der Waals surface area contributed by atoms with Gasteiger partial charge in [-0.1, -0.05) is 11.6 Å². The van der Waals surface area contributed by atoms with Crippen LogP contribution >= 0.6 is 11.6 Å². The van der Waals surface area contributed by atoms with Gasteiger partial charge in [0.15, 0.2) is 0 Å². The molecule has 0 aromatic carbocycles. The maximum Gasteiger partial charge on any atom is 0.324 e. The highest BCUT2D eigenvalue weighted by atomic mass is 35.5. The molecule has 1 aromatic heterocycles. The summed E-state index contributed by atoms with van der Waals surface area (Å²) in [5.41, 5.74) is -0.0780. The van der Waals surface area contributed by atoms with Gasteiger partial charge in [-0.25, -0.2) is 4.79 Å². The molecule has 0 unspecified atom stereocenters. The van der Waals surface area contributed by atoms with Gasteiger partial charge in [-0.3, -0.25) is 4.98 Å². The smallest absolute Gasteiger partial charge is 0.324 e. The number of aromatic amines is 2. The molecule has 9 heavy (non-hydrogen) atoms. The summed E-state index contributed by atoms with van der Waals surface area (Å²) in [6, 6.07) is 0. The van der Waals surface area contributed by atoms with E-state index >= 15 is 0 Å². The molecule has 0 saturated heterocycles. The minimum absolute atomic E-state index is 0.169. The molecule has 0 atom stereocenters. The van der Waals surface area contributed by atoms with Crippen LogP contribution in [0.1, 0.15) is 5.69 Å². The van der Waals surface area contributed by atoms with Crippen molar-refractivity contribution in [2.24, 2.45) is 0 Å². The third-order valence-electron chi connectivity index (χ3n) is 0.911. The second-order valence-electron chi connectivity index (χ2n) is 1.53. The quantitative estimate of drug-likeness (QED) is 0.519. The zero-order chi connectivity index (χ0) is 6.85. The summed E-state index contributed by atoms with van der Waals surface area (Å²) in [6.07, 6.45) is 0. The lowest BCUT2D eigenvalue weighted by Crippen LogP contribution is -2.00. The summed E-state index contributed by atoms with van der Waals surface area (Å²) < 4.78 is 0. The van der Waals surface area contributed by atoms with Gasteiger partial charge in [0, 0.05) is 0 Å². The van der Waals surface area contributed by atoms with Crippen LogP contribution in [-0.4, -0.2) is 15.1 Å². The van der Waals surface area contributed by atoms with E-state index in [9.17, 15) is 4.79 Å². The monoisotopic (exact) mass is 148 g/mol. The van der Waals surface area contributed by atoms with Crippen molar-refractivity contribution in [2.45, 2.75) is 6.61 Å². The number of H-pyrrole nitrogens is 2. The zero-order valence-electron chi connectivity index (χ0n) is 4.44. The standard InChI is InChI=1S/C4H5ClN2O2/c5-3-2(1-8)6-4(9)7-3/h8H,1H2,(H2,6,7,9). The van der Waals surface area contributed by atoms with Crippen molar-refractivity contribution in [3.05, 3.63) is 21.3 Å². The number of aliphatic hydroxyl groups is 1. The average Bonchev–Trinajstić information content (AvgIpc) is 2.10.